The number of hydrogen-bond donors (Lipinski definition) is 4. The topological polar surface area (TPSA) is 182 Å². The molecule has 0 saturated heterocycles. The van der Waals surface area contributed by atoms with Crippen molar-refractivity contribution < 1.29 is 28.7 Å². The van der Waals surface area contributed by atoms with E-state index >= 15 is 0 Å². The number of rotatable bonds is 17. The molecule has 1 saturated carbocycles. The average Bonchev–Trinajstić information content (AvgIpc) is 3.77. The van der Waals surface area contributed by atoms with E-state index in [9.17, 15) is 24.4 Å². The average molecular weight is 777 g/mol. The maximum atomic E-state index is 13.1. The number of benzene rings is 3. The number of carbonyl (C=O) groups excluding carboxylic acids is 4. The molecule has 4 N–H and O–H groups in total. The number of aromatic amines is 1. The lowest BCUT2D eigenvalue weighted by Crippen LogP contribution is -2.47. The number of alkyl carbamates (subject to hydrolysis) is 2. The van der Waals surface area contributed by atoms with Crippen molar-refractivity contribution in [2.24, 2.45) is 11.3 Å². The number of hydrogen-bond acceptors (Lipinski definition) is 9. The van der Waals surface area contributed by atoms with Crippen LogP contribution < -0.4 is 16.0 Å². The van der Waals surface area contributed by atoms with E-state index in [0.29, 0.717) is 18.9 Å². The minimum Gasteiger partial charge on any atom is -0.453 e. The molecular weight excluding hydrogens is 725 g/mol. The summed E-state index contributed by atoms with van der Waals surface area (Å²) < 4.78 is 9.20. The largest absolute Gasteiger partial charge is 0.453 e. The van der Waals surface area contributed by atoms with E-state index in [4.69, 9.17) is 0 Å². The quantitative estimate of drug-likeness (QED) is 0.0991. The highest BCUT2D eigenvalue weighted by atomic mass is 16.5. The summed E-state index contributed by atoms with van der Waals surface area (Å²) in [4.78, 5) is 60.1. The first-order valence-electron chi connectivity index (χ1n) is 19.0. The van der Waals surface area contributed by atoms with Crippen LogP contribution in [0.5, 0.6) is 0 Å². The number of fused-ring (bicyclic) bond motifs is 1. The van der Waals surface area contributed by atoms with Crippen LogP contribution in [0.2, 0.25) is 0 Å². The first kappa shape index (κ1) is 41.8. The molecule has 14 nitrogen and oxygen atoms in total. The van der Waals surface area contributed by atoms with Crippen LogP contribution in [0, 0.1) is 22.7 Å². The predicted molar refractivity (Wildman–Crippen MR) is 218 cm³/mol. The molecular formula is C43H52N8O6. The van der Waals surface area contributed by atoms with E-state index in [1.807, 2.05) is 24.0 Å². The fourth-order valence-electron chi connectivity index (χ4n) is 6.56. The van der Waals surface area contributed by atoms with Crippen LogP contribution in [0.25, 0.3) is 38.9 Å². The Morgan fingerprint density at radius 2 is 1.46 bits per heavy atom. The van der Waals surface area contributed by atoms with Gasteiger partial charge in [0.1, 0.15) is 18.9 Å². The van der Waals surface area contributed by atoms with Crippen molar-refractivity contribution in [3.05, 3.63) is 84.3 Å². The van der Waals surface area contributed by atoms with Gasteiger partial charge in [-0.15, -0.1) is 0 Å². The molecule has 0 aliphatic heterocycles. The maximum Gasteiger partial charge on any atom is 0.407 e. The summed E-state index contributed by atoms with van der Waals surface area (Å²) in [5, 5.41) is 20.0. The summed E-state index contributed by atoms with van der Waals surface area (Å²) in [5.74, 6) is -0.354. The first-order chi connectivity index (χ1) is 27.3. The highest BCUT2D eigenvalue weighted by Gasteiger charge is 2.40. The van der Waals surface area contributed by atoms with Gasteiger partial charge in [0, 0.05) is 36.9 Å². The Labute approximate surface area is 333 Å². The summed E-state index contributed by atoms with van der Waals surface area (Å²) in [7, 11) is 2.50. The standard InChI is InChI=1S/C43H52N8O6/c1-7-36(48-29(3)25-51(27-43(4)16-17-43)40(53)23-47-42(55)57-6)31-10-8-30(9-11-31)32-12-13-34-19-35(15-14-33(34)18-32)37-21-45-38(49-37)26-50(24-28(2)20-44)39(52)22-46-41(54)56-5/h7-15,18-19,21,28-29,48H,16-17,22-27H2,1-6H3,(H,45,49)(H,46,54)(H,47,55)/b36-7-/t28-,29?/m1/s1. The second-order valence-corrected chi connectivity index (χ2v) is 14.9. The normalized spacial score (nSPS) is 14.1. The minimum atomic E-state index is -0.710. The predicted octanol–water partition coefficient (Wildman–Crippen LogP) is 6.06. The highest BCUT2D eigenvalue weighted by Crippen LogP contribution is 2.45. The number of amides is 4. The third kappa shape index (κ3) is 11.6. The van der Waals surface area contributed by atoms with Crippen molar-refractivity contribution in [1.82, 2.24) is 35.7 Å². The smallest absolute Gasteiger partial charge is 0.407 e. The lowest BCUT2D eigenvalue weighted by Gasteiger charge is -2.30. The van der Waals surface area contributed by atoms with Crippen molar-refractivity contribution in [1.29, 1.82) is 5.26 Å². The van der Waals surface area contributed by atoms with Gasteiger partial charge in [-0.25, -0.2) is 14.6 Å². The number of imidazole rings is 1. The summed E-state index contributed by atoms with van der Waals surface area (Å²) in [6, 6.07) is 23.0. The number of carbonyl (C=O) groups is 4. The number of allylic oxidation sites excluding steroid dienone is 1. The lowest BCUT2D eigenvalue weighted by atomic mass is 9.98. The molecule has 3 aromatic carbocycles. The molecule has 4 amide bonds. The molecule has 1 aromatic heterocycles. The number of nitriles is 1. The molecule has 1 fully saturated rings. The number of nitrogens with one attached hydrogen (secondary N) is 4. The third-order valence-corrected chi connectivity index (χ3v) is 10.1. The Hall–Kier alpha value is -6.36. The third-order valence-electron chi connectivity index (χ3n) is 10.1. The van der Waals surface area contributed by atoms with Gasteiger partial charge in [0.2, 0.25) is 11.8 Å². The second-order valence-electron chi connectivity index (χ2n) is 14.9. The number of H-pyrrole nitrogens is 1. The molecule has 300 valence electrons. The summed E-state index contributed by atoms with van der Waals surface area (Å²) in [6.07, 6.45) is 4.58. The van der Waals surface area contributed by atoms with Gasteiger partial charge in [-0.3, -0.25) is 9.59 Å². The van der Waals surface area contributed by atoms with Crippen molar-refractivity contribution in [3.63, 3.8) is 0 Å². The second kappa shape index (κ2) is 19.0. The van der Waals surface area contributed by atoms with E-state index < -0.39 is 18.1 Å². The SMILES string of the molecule is C/C=C(\NC(C)CN(CC1(C)CC1)C(=O)CNC(=O)OC)c1ccc(-c2ccc3cc(-c4cnc(CN(C[C@H](C)C#N)C(=O)CNC(=O)OC)[nH]4)ccc3c2)cc1. The number of ether oxygens (including phenoxy) is 2. The van der Waals surface area contributed by atoms with Gasteiger partial charge in [0.05, 0.1) is 44.6 Å². The van der Waals surface area contributed by atoms with Crippen LogP contribution in [0.15, 0.2) is 72.9 Å². The van der Waals surface area contributed by atoms with Gasteiger partial charge in [0.15, 0.2) is 0 Å². The van der Waals surface area contributed by atoms with Crippen LogP contribution in [-0.2, 0) is 25.6 Å². The number of methoxy groups -OCH3 is 2. The molecule has 5 rings (SSSR count). The van der Waals surface area contributed by atoms with E-state index in [0.717, 1.165) is 57.3 Å². The molecule has 0 radical (unpaired) electrons. The molecule has 1 aliphatic carbocycles. The van der Waals surface area contributed by atoms with E-state index in [2.05, 4.69) is 110 Å². The molecule has 1 aliphatic rings. The molecule has 4 aromatic rings. The van der Waals surface area contributed by atoms with Gasteiger partial charge in [-0.05, 0) is 78.6 Å². The zero-order chi connectivity index (χ0) is 41.1. The zero-order valence-electron chi connectivity index (χ0n) is 33.5. The van der Waals surface area contributed by atoms with E-state index in [1.54, 1.807) is 13.1 Å². The van der Waals surface area contributed by atoms with Crippen molar-refractivity contribution in [2.75, 3.05) is 46.9 Å². The van der Waals surface area contributed by atoms with Gasteiger partial charge in [-0.1, -0.05) is 61.5 Å². The lowest BCUT2D eigenvalue weighted by molar-refractivity contribution is -0.132. The summed E-state index contributed by atoms with van der Waals surface area (Å²) in [5.41, 5.74) is 5.99. The van der Waals surface area contributed by atoms with Crippen molar-refractivity contribution in [2.45, 2.75) is 53.1 Å². The van der Waals surface area contributed by atoms with Crippen LogP contribution >= 0.6 is 0 Å². The van der Waals surface area contributed by atoms with E-state index in [1.165, 1.54) is 19.1 Å². The molecule has 57 heavy (non-hydrogen) atoms. The van der Waals surface area contributed by atoms with Gasteiger partial charge >= 0.3 is 12.2 Å². The van der Waals surface area contributed by atoms with E-state index in [-0.39, 0.29) is 49.5 Å². The maximum absolute atomic E-state index is 13.1. The fraction of sp³-hybridized carbons (Fsp3) is 0.395. The number of aromatic nitrogens is 2. The molecule has 1 heterocycles. The van der Waals surface area contributed by atoms with Crippen molar-refractivity contribution in [3.8, 4) is 28.5 Å². The van der Waals surface area contributed by atoms with Crippen LogP contribution in [0.3, 0.4) is 0 Å². The zero-order valence-corrected chi connectivity index (χ0v) is 33.5. The molecule has 0 spiro atoms. The summed E-state index contributed by atoms with van der Waals surface area (Å²) in [6.45, 7) is 9.05. The molecule has 14 heteroatoms. The summed E-state index contributed by atoms with van der Waals surface area (Å²) >= 11 is 0. The van der Waals surface area contributed by atoms with Gasteiger partial charge in [0.25, 0.3) is 0 Å². The Morgan fingerprint density at radius 1 is 0.877 bits per heavy atom. The van der Waals surface area contributed by atoms with Gasteiger partial charge < -0.3 is 40.2 Å². The Bertz CT molecular complexity index is 2130. The Kier molecular flexibility index (Phi) is 13.9. The fourth-order valence-corrected chi connectivity index (χ4v) is 6.56. The molecule has 1 unspecified atom stereocenters. The Morgan fingerprint density at radius 3 is 2.04 bits per heavy atom. The minimum absolute atomic E-state index is 0.0435. The van der Waals surface area contributed by atoms with Crippen LogP contribution in [0.4, 0.5) is 9.59 Å². The first-order valence-corrected chi connectivity index (χ1v) is 19.0. The monoisotopic (exact) mass is 776 g/mol. The Balaban J connectivity index is 1.23. The van der Waals surface area contributed by atoms with Crippen LogP contribution in [0.1, 0.15) is 51.9 Å². The molecule has 0 bridgehead atoms. The highest BCUT2D eigenvalue weighted by molar-refractivity contribution is 5.90. The van der Waals surface area contributed by atoms with Gasteiger partial charge in [-0.2, -0.15) is 5.26 Å². The van der Waals surface area contributed by atoms with Crippen molar-refractivity contribution >= 4 is 40.5 Å². The number of nitrogens with zero attached hydrogens (tertiary/aromatic N) is 4. The molecule has 2 atom stereocenters. The van der Waals surface area contributed by atoms with Crippen LogP contribution in [-0.4, -0.2) is 96.8 Å².